The molecule has 5 N–H and O–H groups in total. The lowest BCUT2D eigenvalue weighted by Gasteiger charge is -2.27. The van der Waals surface area contributed by atoms with Gasteiger partial charge in [-0.1, -0.05) is 91.0 Å². The van der Waals surface area contributed by atoms with Gasteiger partial charge in [0, 0.05) is 60.0 Å². The summed E-state index contributed by atoms with van der Waals surface area (Å²) in [5, 5.41) is 5.30. The van der Waals surface area contributed by atoms with Gasteiger partial charge < -0.3 is 21.7 Å². The molecule has 0 heterocycles. The average Bonchev–Trinajstić information content (AvgIpc) is 2.90. The third kappa shape index (κ3) is 3.73. The minimum Gasteiger partial charge on any atom is -0.398 e. The van der Waals surface area contributed by atoms with Crippen molar-refractivity contribution in [1.29, 1.82) is 0 Å². The van der Waals surface area contributed by atoms with E-state index in [0.717, 1.165) is 66.9 Å². The highest BCUT2D eigenvalue weighted by Gasteiger charge is 2.25. The van der Waals surface area contributed by atoms with Crippen molar-refractivity contribution in [2.75, 3.05) is 42.8 Å². The number of nitrogen functional groups attached to an aromatic ring is 2. The van der Waals surface area contributed by atoms with Crippen LogP contribution in [0.25, 0.3) is 44.2 Å². The van der Waals surface area contributed by atoms with Crippen molar-refractivity contribution in [2.45, 2.75) is 0 Å². The van der Waals surface area contributed by atoms with Crippen molar-refractivity contribution in [3.8, 4) is 33.4 Å². The number of nitrogens with zero attached hydrogens (tertiary/aromatic N) is 1. The van der Waals surface area contributed by atoms with Crippen molar-refractivity contribution >= 4 is 33.5 Å². The zero-order valence-corrected chi connectivity index (χ0v) is 20.3. The van der Waals surface area contributed by atoms with E-state index < -0.39 is 0 Å². The maximum Gasteiger partial charge on any atom is 0.0683 e. The summed E-state index contributed by atoms with van der Waals surface area (Å²) in [7, 11) is 6.06. The van der Waals surface area contributed by atoms with Crippen LogP contribution in [0.15, 0.2) is 97.1 Å². The van der Waals surface area contributed by atoms with Gasteiger partial charge in [0.05, 0.1) is 11.4 Å². The Hall–Kier alpha value is -4.44. The maximum atomic E-state index is 7.16. The Morgan fingerprint density at radius 1 is 0.600 bits per heavy atom. The fourth-order valence-electron chi connectivity index (χ4n) is 5.04. The topological polar surface area (TPSA) is 67.3 Å². The third-order valence-corrected chi connectivity index (χ3v) is 6.55. The van der Waals surface area contributed by atoms with E-state index >= 15 is 0 Å². The predicted molar refractivity (Wildman–Crippen MR) is 153 cm³/mol. The largest absolute Gasteiger partial charge is 0.398 e. The van der Waals surface area contributed by atoms with Crippen molar-refractivity contribution in [3.63, 3.8) is 0 Å². The first-order valence-corrected chi connectivity index (χ1v) is 11.8. The molecule has 0 aromatic heterocycles. The quantitative estimate of drug-likeness (QED) is 0.245. The molecule has 35 heavy (non-hydrogen) atoms. The summed E-state index contributed by atoms with van der Waals surface area (Å²) < 4.78 is 0. The Bertz CT molecular complexity index is 1490. The smallest absolute Gasteiger partial charge is 0.0683 e. The monoisotopic (exact) mass is 458 g/mol. The summed E-state index contributed by atoms with van der Waals surface area (Å²) in [6, 6.07) is 33.1. The molecule has 0 aliphatic carbocycles. The standard InChI is InChI=1S/C31H30N4/c1-34-24-19-23-28(27(31(24)35(2)3)22-17-11-6-12-18-22)30(33)26(21-15-9-5-10-16-21)25(29(23)32)20-13-7-4-8-14-20/h4-19,34H,32-33H2,1-3H3. The minimum atomic E-state index is 0.721. The molecular formula is C31H30N4. The van der Waals surface area contributed by atoms with E-state index in [1.165, 1.54) is 0 Å². The SMILES string of the molecule is CNc1cc2c(N)c(-c3ccccc3)c(-c3ccccc3)c(N)c2c(-c2ccccc2)c1N(C)C. The summed E-state index contributed by atoms with van der Waals surface area (Å²) in [5.74, 6) is 0. The normalized spacial score (nSPS) is 10.9. The van der Waals surface area contributed by atoms with Crippen LogP contribution >= 0.6 is 0 Å². The van der Waals surface area contributed by atoms with Crippen LogP contribution in [0.3, 0.4) is 0 Å². The summed E-state index contributed by atoms with van der Waals surface area (Å²) in [6.07, 6.45) is 0. The summed E-state index contributed by atoms with van der Waals surface area (Å²) in [6.45, 7) is 0. The van der Waals surface area contributed by atoms with Gasteiger partial charge in [-0.05, 0) is 22.8 Å². The van der Waals surface area contributed by atoms with E-state index in [9.17, 15) is 0 Å². The van der Waals surface area contributed by atoms with E-state index in [4.69, 9.17) is 11.5 Å². The highest BCUT2D eigenvalue weighted by Crippen LogP contribution is 2.52. The Morgan fingerprint density at radius 2 is 1.03 bits per heavy atom. The lowest BCUT2D eigenvalue weighted by Crippen LogP contribution is -2.14. The summed E-state index contributed by atoms with van der Waals surface area (Å²) in [5.41, 5.74) is 23.9. The Balaban J connectivity index is 2.04. The van der Waals surface area contributed by atoms with Crippen molar-refractivity contribution in [2.24, 2.45) is 0 Å². The van der Waals surface area contributed by atoms with Gasteiger partial charge in [0.25, 0.3) is 0 Å². The van der Waals surface area contributed by atoms with Gasteiger partial charge in [0.1, 0.15) is 0 Å². The van der Waals surface area contributed by atoms with Crippen LogP contribution in [-0.4, -0.2) is 21.1 Å². The summed E-state index contributed by atoms with van der Waals surface area (Å²) >= 11 is 0. The fourth-order valence-corrected chi connectivity index (χ4v) is 5.04. The second-order valence-electron chi connectivity index (χ2n) is 8.89. The van der Waals surface area contributed by atoms with Crippen molar-refractivity contribution in [3.05, 3.63) is 97.1 Å². The molecule has 4 heteroatoms. The maximum absolute atomic E-state index is 7.16. The number of anilines is 4. The first kappa shape index (κ1) is 22.4. The zero-order valence-electron chi connectivity index (χ0n) is 20.3. The number of hydrogen-bond acceptors (Lipinski definition) is 4. The van der Waals surface area contributed by atoms with E-state index in [1.807, 2.05) is 49.5 Å². The molecule has 0 fully saturated rings. The highest BCUT2D eigenvalue weighted by atomic mass is 15.1. The van der Waals surface area contributed by atoms with Crippen LogP contribution in [0, 0.1) is 0 Å². The first-order valence-electron chi connectivity index (χ1n) is 11.8. The van der Waals surface area contributed by atoms with Crippen molar-refractivity contribution < 1.29 is 0 Å². The van der Waals surface area contributed by atoms with Gasteiger partial charge in [-0.15, -0.1) is 0 Å². The second kappa shape index (κ2) is 9.07. The molecule has 0 radical (unpaired) electrons. The molecule has 174 valence electrons. The number of rotatable bonds is 5. The third-order valence-electron chi connectivity index (χ3n) is 6.55. The van der Waals surface area contributed by atoms with Crippen LogP contribution in [-0.2, 0) is 0 Å². The van der Waals surface area contributed by atoms with Gasteiger partial charge >= 0.3 is 0 Å². The molecule has 0 amide bonds. The number of benzene rings is 5. The Morgan fingerprint density at radius 3 is 1.46 bits per heavy atom. The molecule has 0 atom stereocenters. The van der Waals surface area contributed by atoms with Crippen molar-refractivity contribution in [1.82, 2.24) is 0 Å². The zero-order chi connectivity index (χ0) is 24.5. The molecule has 0 spiro atoms. The number of hydrogen-bond donors (Lipinski definition) is 3. The average molecular weight is 459 g/mol. The molecule has 5 rings (SSSR count). The van der Waals surface area contributed by atoms with E-state index in [-0.39, 0.29) is 0 Å². The van der Waals surface area contributed by atoms with E-state index in [2.05, 4.69) is 78.9 Å². The second-order valence-corrected chi connectivity index (χ2v) is 8.89. The molecule has 0 bridgehead atoms. The Kier molecular flexibility index (Phi) is 5.79. The van der Waals surface area contributed by atoms with Crippen LogP contribution in [0.5, 0.6) is 0 Å². The van der Waals surface area contributed by atoms with E-state index in [1.54, 1.807) is 0 Å². The number of fused-ring (bicyclic) bond motifs is 1. The van der Waals surface area contributed by atoms with Gasteiger partial charge in [0.15, 0.2) is 0 Å². The number of nitrogens with one attached hydrogen (secondary N) is 1. The fraction of sp³-hybridized carbons (Fsp3) is 0.0968. The lowest BCUT2D eigenvalue weighted by molar-refractivity contribution is 1.13. The molecular weight excluding hydrogens is 428 g/mol. The Labute approximate surface area is 206 Å². The lowest BCUT2D eigenvalue weighted by atomic mass is 9.84. The van der Waals surface area contributed by atoms with Crippen LogP contribution in [0.2, 0.25) is 0 Å². The molecule has 5 aromatic rings. The highest BCUT2D eigenvalue weighted by molar-refractivity contribution is 6.22. The van der Waals surface area contributed by atoms with Gasteiger partial charge in [-0.3, -0.25) is 0 Å². The van der Waals surface area contributed by atoms with Crippen LogP contribution in [0.4, 0.5) is 22.7 Å². The molecule has 0 saturated heterocycles. The predicted octanol–water partition coefficient (Wildman–Crippen LogP) is 7.11. The van der Waals surface area contributed by atoms with Gasteiger partial charge in [-0.25, -0.2) is 0 Å². The first-order chi connectivity index (χ1) is 17.0. The van der Waals surface area contributed by atoms with Crippen LogP contribution < -0.4 is 21.7 Å². The molecule has 0 saturated carbocycles. The van der Waals surface area contributed by atoms with Gasteiger partial charge in [0.2, 0.25) is 0 Å². The van der Waals surface area contributed by atoms with Gasteiger partial charge in [-0.2, -0.15) is 0 Å². The molecule has 0 aliphatic rings. The molecule has 4 nitrogen and oxygen atoms in total. The van der Waals surface area contributed by atoms with Crippen LogP contribution in [0.1, 0.15) is 0 Å². The molecule has 0 aliphatic heterocycles. The minimum absolute atomic E-state index is 0.721. The number of nitrogens with two attached hydrogens (primary N) is 2. The molecule has 5 aromatic carbocycles. The van der Waals surface area contributed by atoms with E-state index in [0.29, 0.717) is 0 Å². The molecule has 0 unspecified atom stereocenters. The summed E-state index contributed by atoms with van der Waals surface area (Å²) in [4.78, 5) is 2.14.